The highest BCUT2D eigenvalue weighted by Crippen LogP contribution is 2.29. The van der Waals surface area contributed by atoms with E-state index in [0.717, 1.165) is 11.0 Å². The molecule has 0 spiro atoms. The fraction of sp³-hybridized carbons (Fsp3) is 0. The Morgan fingerprint density at radius 1 is 1.04 bits per heavy atom. The number of carbonyl (C=O) groups excluding carboxylic acids is 2. The molecule has 0 fully saturated rings. The zero-order valence-corrected chi connectivity index (χ0v) is 13.1. The first kappa shape index (κ1) is 15.3. The van der Waals surface area contributed by atoms with Gasteiger partial charge in [0, 0.05) is 5.69 Å². The first-order valence-electron chi connectivity index (χ1n) is 6.54. The van der Waals surface area contributed by atoms with E-state index < -0.39 is 11.8 Å². The number of H-pyrrole nitrogens is 1. The van der Waals surface area contributed by atoms with E-state index in [2.05, 4.69) is 20.6 Å². The summed E-state index contributed by atoms with van der Waals surface area (Å²) >= 11 is 11.8. The maximum Gasteiger partial charge on any atom is 0.314 e. The number of benzene rings is 2. The number of fused-ring (bicyclic) bond motifs is 1. The summed E-state index contributed by atoms with van der Waals surface area (Å²) in [6.07, 6.45) is 1.55. The van der Waals surface area contributed by atoms with Crippen LogP contribution < -0.4 is 10.6 Å². The average Bonchev–Trinajstić information content (AvgIpc) is 2.99. The van der Waals surface area contributed by atoms with E-state index in [9.17, 15) is 9.59 Å². The minimum absolute atomic E-state index is 0.175. The van der Waals surface area contributed by atoms with Crippen LogP contribution in [0.3, 0.4) is 0 Å². The highest BCUT2D eigenvalue weighted by molar-refractivity contribution is 6.47. The molecule has 0 unspecified atom stereocenters. The number of rotatable bonds is 2. The zero-order valence-electron chi connectivity index (χ0n) is 11.6. The summed E-state index contributed by atoms with van der Waals surface area (Å²) < 4.78 is 0. The van der Waals surface area contributed by atoms with Gasteiger partial charge in [-0.2, -0.15) is 0 Å². The van der Waals surface area contributed by atoms with Crippen molar-refractivity contribution in [1.82, 2.24) is 9.97 Å². The Hall–Kier alpha value is -2.57. The Balaban J connectivity index is 1.72. The van der Waals surface area contributed by atoms with E-state index in [1.807, 2.05) is 0 Å². The van der Waals surface area contributed by atoms with Crippen molar-refractivity contribution in [2.24, 2.45) is 0 Å². The van der Waals surface area contributed by atoms with E-state index in [4.69, 9.17) is 23.2 Å². The number of imidazole rings is 1. The molecule has 1 heterocycles. The lowest BCUT2D eigenvalue weighted by molar-refractivity contribution is -0.132. The van der Waals surface area contributed by atoms with Crippen LogP contribution in [0.25, 0.3) is 11.0 Å². The van der Waals surface area contributed by atoms with Crippen LogP contribution in [0.5, 0.6) is 0 Å². The number of aromatic nitrogens is 2. The molecule has 0 bridgehead atoms. The normalized spacial score (nSPS) is 10.5. The van der Waals surface area contributed by atoms with Crippen molar-refractivity contribution in [3.05, 3.63) is 52.8 Å². The van der Waals surface area contributed by atoms with Crippen LogP contribution in [0.4, 0.5) is 11.4 Å². The monoisotopic (exact) mass is 348 g/mol. The molecule has 0 saturated heterocycles. The summed E-state index contributed by atoms with van der Waals surface area (Å²) in [5.41, 5.74) is 2.25. The topological polar surface area (TPSA) is 86.9 Å². The van der Waals surface area contributed by atoms with Crippen LogP contribution >= 0.6 is 23.2 Å². The number of hydrogen-bond acceptors (Lipinski definition) is 3. The molecule has 0 aliphatic rings. The minimum atomic E-state index is -0.848. The zero-order chi connectivity index (χ0) is 16.4. The number of aromatic amines is 1. The lowest BCUT2D eigenvalue weighted by Crippen LogP contribution is -2.29. The van der Waals surface area contributed by atoms with E-state index in [1.54, 1.807) is 42.7 Å². The van der Waals surface area contributed by atoms with Gasteiger partial charge in [0.15, 0.2) is 0 Å². The van der Waals surface area contributed by atoms with Crippen molar-refractivity contribution in [3.63, 3.8) is 0 Å². The second kappa shape index (κ2) is 6.28. The van der Waals surface area contributed by atoms with Crippen LogP contribution in [0.15, 0.2) is 42.7 Å². The molecule has 116 valence electrons. The highest BCUT2D eigenvalue weighted by Gasteiger charge is 2.16. The summed E-state index contributed by atoms with van der Waals surface area (Å²) in [6, 6.07) is 9.82. The molecular formula is C15H10Cl2N4O2. The molecular weight excluding hydrogens is 339 g/mol. The lowest BCUT2D eigenvalue weighted by Gasteiger charge is -2.08. The van der Waals surface area contributed by atoms with Gasteiger partial charge in [0.05, 0.1) is 33.1 Å². The van der Waals surface area contributed by atoms with Gasteiger partial charge in [-0.1, -0.05) is 29.3 Å². The molecule has 2 amide bonds. The predicted octanol–water partition coefficient (Wildman–Crippen LogP) is 3.45. The fourth-order valence-electron chi connectivity index (χ4n) is 1.98. The van der Waals surface area contributed by atoms with Crippen LogP contribution in [-0.4, -0.2) is 21.8 Å². The third kappa shape index (κ3) is 3.28. The molecule has 6 nitrogen and oxygen atoms in total. The lowest BCUT2D eigenvalue weighted by atomic mass is 10.2. The Labute approximate surface area is 140 Å². The maximum absolute atomic E-state index is 12.0. The van der Waals surface area contributed by atoms with Crippen molar-refractivity contribution in [1.29, 1.82) is 0 Å². The van der Waals surface area contributed by atoms with Crippen LogP contribution in [0, 0.1) is 0 Å². The van der Waals surface area contributed by atoms with Gasteiger partial charge in [0.2, 0.25) is 0 Å². The van der Waals surface area contributed by atoms with Gasteiger partial charge in [0.1, 0.15) is 0 Å². The number of nitrogens with zero attached hydrogens (tertiary/aromatic N) is 1. The van der Waals surface area contributed by atoms with Crippen molar-refractivity contribution in [2.45, 2.75) is 0 Å². The van der Waals surface area contributed by atoms with E-state index in [1.165, 1.54) is 0 Å². The summed E-state index contributed by atoms with van der Waals surface area (Å²) in [5, 5.41) is 5.38. The number of halogens is 2. The van der Waals surface area contributed by atoms with Gasteiger partial charge in [-0.3, -0.25) is 9.59 Å². The Kier molecular flexibility index (Phi) is 4.18. The van der Waals surface area contributed by atoms with Crippen molar-refractivity contribution < 1.29 is 9.59 Å². The summed E-state index contributed by atoms with van der Waals surface area (Å²) in [5.74, 6) is -1.67. The fourth-order valence-corrected chi connectivity index (χ4v) is 2.33. The Morgan fingerprint density at radius 2 is 1.83 bits per heavy atom. The van der Waals surface area contributed by atoms with E-state index >= 15 is 0 Å². The molecule has 0 aliphatic heterocycles. The first-order chi connectivity index (χ1) is 11.0. The standard InChI is InChI=1S/C15H10Cl2N4O2/c16-9-2-1-3-11(13(9)17)21-15(23)14(22)20-8-4-5-10-12(6-8)19-7-18-10/h1-7H,(H,18,19)(H,20,22)(H,21,23). The quantitative estimate of drug-likeness (QED) is 0.620. The van der Waals surface area contributed by atoms with Crippen molar-refractivity contribution in [3.8, 4) is 0 Å². The molecule has 3 rings (SSSR count). The number of anilines is 2. The molecule has 0 aliphatic carbocycles. The molecule has 2 aromatic carbocycles. The van der Waals surface area contributed by atoms with Gasteiger partial charge < -0.3 is 15.6 Å². The van der Waals surface area contributed by atoms with Crippen LogP contribution in [0.1, 0.15) is 0 Å². The number of amides is 2. The number of hydrogen-bond donors (Lipinski definition) is 3. The third-order valence-electron chi connectivity index (χ3n) is 3.08. The van der Waals surface area contributed by atoms with Crippen LogP contribution in [0.2, 0.25) is 10.0 Å². The second-order valence-electron chi connectivity index (χ2n) is 4.64. The molecule has 3 N–H and O–H groups in total. The molecule has 1 aromatic heterocycles. The average molecular weight is 349 g/mol. The van der Waals surface area contributed by atoms with Gasteiger partial charge in [-0.15, -0.1) is 0 Å². The number of nitrogens with one attached hydrogen (secondary N) is 3. The van der Waals surface area contributed by atoms with Crippen LogP contribution in [-0.2, 0) is 9.59 Å². The van der Waals surface area contributed by atoms with Crippen molar-refractivity contribution in [2.75, 3.05) is 10.6 Å². The molecule has 23 heavy (non-hydrogen) atoms. The van der Waals surface area contributed by atoms with Crippen molar-refractivity contribution >= 4 is 57.4 Å². The Morgan fingerprint density at radius 3 is 2.65 bits per heavy atom. The molecule has 0 radical (unpaired) electrons. The summed E-state index contributed by atoms with van der Waals surface area (Å²) in [4.78, 5) is 30.9. The SMILES string of the molecule is O=C(Nc1ccc2nc[nH]c2c1)C(=O)Nc1cccc(Cl)c1Cl. The third-order valence-corrected chi connectivity index (χ3v) is 3.90. The van der Waals surface area contributed by atoms with E-state index in [-0.39, 0.29) is 15.7 Å². The summed E-state index contributed by atoms with van der Waals surface area (Å²) in [6.45, 7) is 0. The predicted molar refractivity (Wildman–Crippen MR) is 89.8 cm³/mol. The first-order valence-corrected chi connectivity index (χ1v) is 7.29. The molecule has 0 atom stereocenters. The molecule has 8 heteroatoms. The Bertz CT molecular complexity index is 907. The van der Waals surface area contributed by atoms with Gasteiger partial charge >= 0.3 is 11.8 Å². The van der Waals surface area contributed by atoms with E-state index in [0.29, 0.717) is 5.69 Å². The smallest absolute Gasteiger partial charge is 0.314 e. The molecule has 3 aromatic rings. The number of carbonyl (C=O) groups is 2. The highest BCUT2D eigenvalue weighted by atomic mass is 35.5. The molecule has 0 saturated carbocycles. The van der Waals surface area contributed by atoms with Gasteiger partial charge in [-0.25, -0.2) is 4.98 Å². The van der Waals surface area contributed by atoms with Gasteiger partial charge in [-0.05, 0) is 30.3 Å². The second-order valence-corrected chi connectivity index (χ2v) is 5.43. The maximum atomic E-state index is 12.0. The summed E-state index contributed by atoms with van der Waals surface area (Å²) in [7, 11) is 0. The minimum Gasteiger partial charge on any atom is -0.345 e. The largest absolute Gasteiger partial charge is 0.345 e. The van der Waals surface area contributed by atoms with Gasteiger partial charge in [0.25, 0.3) is 0 Å².